The number of hydrogen-bond acceptors (Lipinski definition) is 7. The lowest BCUT2D eigenvalue weighted by atomic mass is 9.95. The number of nitrogens with one attached hydrogen (secondary N) is 2. The van der Waals surface area contributed by atoms with Crippen LogP contribution < -0.4 is 16.4 Å². The summed E-state index contributed by atoms with van der Waals surface area (Å²) < 4.78 is 0.926. The Morgan fingerprint density at radius 1 is 1.04 bits per heavy atom. The number of urea groups is 2. The van der Waals surface area contributed by atoms with Gasteiger partial charge in [0.25, 0.3) is 0 Å². The molecule has 14 heteroatoms. The number of fused-ring (bicyclic) bond motifs is 2. The first-order valence-corrected chi connectivity index (χ1v) is 18.7. The van der Waals surface area contributed by atoms with Crippen molar-refractivity contribution in [1.82, 2.24) is 35.2 Å². The van der Waals surface area contributed by atoms with Crippen molar-refractivity contribution in [1.29, 1.82) is 0 Å². The highest BCUT2D eigenvalue weighted by atomic mass is 79.9. The summed E-state index contributed by atoms with van der Waals surface area (Å²) in [7, 11) is 0. The van der Waals surface area contributed by atoms with Gasteiger partial charge in [0.2, 0.25) is 5.91 Å². The molecule has 2 atom stereocenters. The number of aliphatic imine (C=N–C) groups is 1. The molecule has 1 unspecified atom stereocenters. The molecule has 2 aromatic rings. The number of carbonyl (C=O) groups is 3. The van der Waals surface area contributed by atoms with Crippen molar-refractivity contribution < 1.29 is 14.4 Å². The van der Waals surface area contributed by atoms with E-state index in [1.807, 2.05) is 38.5 Å². The number of piperidine rings is 1. The number of likely N-dealkylation sites (tertiary alicyclic amines) is 1. The van der Waals surface area contributed by atoms with Crippen LogP contribution in [0.3, 0.4) is 0 Å². The molecule has 0 spiro atoms. The van der Waals surface area contributed by atoms with Gasteiger partial charge in [-0.15, -0.1) is 0 Å². The fourth-order valence-corrected chi connectivity index (χ4v) is 7.74. The van der Waals surface area contributed by atoms with Crippen LogP contribution in [-0.4, -0.2) is 120 Å². The summed E-state index contributed by atoms with van der Waals surface area (Å²) in [5.41, 5.74) is 9.87. The van der Waals surface area contributed by atoms with Gasteiger partial charge in [-0.2, -0.15) is 0 Å². The normalized spacial score (nSPS) is 21.1. The SMILES string of the molecule is CC.NC(=O)N1CCC(NC(=O)N2CCN(C3c4ccc(Cl)cc4CCc4cc(Br)cnc43)C[C@@H]2C(=O)NCCCN2C=NCCC2)CC1. The molecule has 12 nitrogen and oxygen atoms in total. The number of nitrogens with two attached hydrogens (primary N) is 1. The molecule has 1 aromatic carbocycles. The number of halogens is 2. The predicted octanol–water partition coefficient (Wildman–Crippen LogP) is 4.19. The van der Waals surface area contributed by atoms with Gasteiger partial charge in [-0.3, -0.25) is 19.7 Å². The van der Waals surface area contributed by atoms with Crippen LogP contribution in [-0.2, 0) is 17.6 Å². The molecule has 1 aromatic heterocycles. The van der Waals surface area contributed by atoms with E-state index in [9.17, 15) is 14.4 Å². The van der Waals surface area contributed by atoms with Gasteiger partial charge in [0.1, 0.15) is 6.04 Å². The molecule has 4 aliphatic rings. The Kier molecular flexibility index (Phi) is 13.2. The van der Waals surface area contributed by atoms with Crippen molar-refractivity contribution >= 4 is 51.8 Å². The maximum Gasteiger partial charge on any atom is 0.318 e. The van der Waals surface area contributed by atoms with Crippen molar-refractivity contribution in [3.05, 3.63) is 62.3 Å². The molecular formula is C35H49BrClN9O3. The zero-order valence-electron chi connectivity index (χ0n) is 28.5. The van der Waals surface area contributed by atoms with Crippen LogP contribution >= 0.6 is 27.5 Å². The number of rotatable bonds is 7. The molecule has 4 N–H and O–H groups in total. The maximum absolute atomic E-state index is 14.0. The highest BCUT2D eigenvalue weighted by Crippen LogP contribution is 2.38. The number of aryl methyl sites for hydroxylation is 2. The number of nitrogens with zero attached hydrogens (tertiary/aromatic N) is 6. The van der Waals surface area contributed by atoms with Gasteiger partial charge in [0.15, 0.2) is 0 Å². The van der Waals surface area contributed by atoms with Crippen LogP contribution in [0.25, 0.3) is 0 Å². The van der Waals surface area contributed by atoms with Gasteiger partial charge in [-0.1, -0.05) is 31.5 Å². The second kappa shape index (κ2) is 17.5. The number of carbonyl (C=O) groups excluding carboxylic acids is 3. The summed E-state index contributed by atoms with van der Waals surface area (Å²) in [4.78, 5) is 56.4. The molecule has 266 valence electrons. The third-order valence-corrected chi connectivity index (χ3v) is 10.3. The van der Waals surface area contributed by atoms with Crippen molar-refractivity contribution in [2.45, 2.75) is 70.5 Å². The van der Waals surface area contributed by atoms with Crippen LogP contribution in [0.4, 0.5) is 9.59 Å². The predicted molar refractivity (Wildman–Crippen MR) is 196 cm³/mol. The third-order valence-electron chi connectivity index (χ3n) is 9.66. The average molecular weight is 759 g/mol. The number of amides is 5. The van der Waals surface area contributed by atoms with Crippen molar-refractivity contribution in [2.75, 3.05) is 58.9 Å². The number of hydrogen-bond donors (Lipinski definition) is 3. The quantitative estimate of drug-likeness (QED) is 0.362. The third kappa shape index (κ3) is 9.23. The van der Waals surface area contributed by atoms with E-state index in [1.165, 1.54) is 5.56 Å². The standard InChI is InChI=1S/C33H43BrClN9O3.C2H6/c34-24-17-23-4-3-22-18-25(35)5-6-27(22)30(29(23)39-19-24)43-15-16-44(33(47)40-26-7-13-42(14-8-26)32(36)46)28(20-43)31(45)38-10-2-12-41-11-1-9-37-21-41;1-2/h5-6,17-19,21,26,28,30H,1-4,7-16,20H2,(H2,36,46)(H,38,45)(H,40,47);1-2H3/t28-,30?;/m1./s1. The molecule has 4 heterocycles. The lowest BCUT2D eigenvalue weighted by Gasteiger charge is -2.44. The minimum atomic E-state index is -0.705. The zero-order valence-corrected chi connectivity index (χ0v) is 30.9. The second-order valence-corrected chi connectivity index (χ2v) is 14.1. The first-order valence-electron chi connectivity index (χ1n) is 17.6. The van der Waals surface area contributed by atoms with E-state index >= 15 is 0 Å². The average Bonchev–Trinajstić information content (AvgIpc) is 3.27. The molecule has 6 rings (SSSR count). The summed E-state index contributed by atoms with van der Waals surface area (Å²) in [6.45, 7) is 9.43. The zero-order chi connectivity index (χ0) is 34.9. The number of pyridine rings is 1. The Morgan fingerprint density at radius 2 is 1.82 bits per heavy atom. The van der Waals surface area contributed by atoms with Crippen LogP contribution in [0, 0.1) is 0 Å². The molecule has 2 fully saturated rings. The molecule has 3 aliphatic heterocycles. The Labute approximate surface area is 302 Å². The Balaban J connectivity index is 0.00000230. The molecule has 2 saturated heterocycles. The first kappa shape index (κ1) is 36.9. The molecule has 0 bridgehead atoms. The van der Waals surface area contributed by atoms with Crippen LogP contribution in [0.15, 0.2) is 39.9 Å². The minimum Gasteiger partial charge on any atom is -0.363 e. The van der Waals surface area contributed by atoms with E-state index in [4.69, 9.17) is 22.3 Å². The number of piperazine rings is 1. The van der Waals surface area contributed by atoms with Crippen molar-refractivity contribution in [2.24, 2.45) is 10.7 Å². The van der Waals surface area contributed by atoms with Crippen molar-refractivity contribution in [3.8, 4) is 0 Å². The van der Waals surface area contributed by atoms with E-state index in [0.717, 1.165) is 66.6 Å². The molecule has 0 saturated carbocycles. The van der Waals surface area contributed by atoms with Crippen molar-refractivity contribution in [3.63, 3.8) is 0 Å². The Morgan fingerprint density at radius 3 is 2.55 bits per heavy atom. The molecule has 0 radical (unpaired) electrons. The topological polar surface area (TPSA) is 140 Å². The summed E-state index contributed by atoms with van der Waals surface area (Å²) in [6, 6.07) is 6.47. The first-order chi connectivity index (χ1) is 23.8. The molecule has 5 amide bonds. The maximum atomic E-state index is 14.0. The van der Waals surface area contributed by atoms with E-state index < -0.39 is 12.1 Å². The van der Waals surface area contributed by atoms with Gasteiger partial charge in [-0.25, -0.2) is 9.59 Å². The van der Waals surface area contributed by atoms with Gasteiger partial charge < -0.3 is 31.1 Å². The highest BCUT2D eigenvalue weighted by molar-refractivity contribution is 9.10. The lowest BCUT2D eigenvalue weighted by Crippen LogP contribution is -2.64. The van der Waals surface area contributed by atoms with Crippen LogP contribution in [0.5, 0.6) is 0 Å². The summed E-state index contributed by atoms with van der Waals surface area (Å²) in [5, 5.41) is 6.97. The van der Waals surface area contributed by atoms with Gasteiger partial charge in [0.05, 0.1) is 18.1 Å². The van der Waals surface area contributed by atoms with Gasteiger partial charge in [-0.05, 0) is 89.3 Å². The molecule has 1 aliphatic carbocycles. The van der Waals surface area contributed by atoms with E-state index in [1.54, 1.807) is 9.80 Å². The second-order valence-electron chi connectivity index (χ2n) is 12.8. The monoisotopic (exact) mass is 757 g/mol. The van der Waals surface area contributed by atoms with Crippen LogP contribution in [0.1, 0.15) is 68.0 Å². The summed E-state index contributed by atoms with van der Waals surface area (Å²) in [6.07, 6.45) is 8.44. The van der Waals surface area contributed by atoms with E-state index in [0.29, 0.717) is 57.1 Å². The Hall–Kier alpha value is -3.42. The van der Waals surface area contributed by atoms with E-state index in [2.05, 4.69) is 53.5 Å². The lowest BCUT2D eigenvalue weighted by molar-refractivity contribution is -0.127. The number of benzene rings is 1. The Bertz CT molecular complexity index is 1450. The molecule has 49 heavy (non-hydrogen) atoms. The minimum absolute atomic E-state index is 0.0981. The summed E-state index contributed by atoms with van der Waals surface area (Å²) >= 11 is 10.1. The largest absolute Gasteiger partial charge is 0.363 e. The smallest absolute Gasteiger partial charge is 0.318 e. The van der Waals surface area contributed by atoms with Crippen LogP contribution in [0.2, 0.25) is 5.02 Å². The van der Waals surface area contributed by atoms with Gasteiger partial charge >= 0.3 is 12.1 Å². The number of primary amides is 1. The number of aromatic nitrogens is 1. The molecular weight excluding hydrogens is 710 g/mol. The van der Waals surface area contributed by atoms with E-state index in [-0.39, 0.29) is 24.0 Å². The fraction of sp³-hybridized carbons (Fsp3) is 0.571. The van der Waals surface area contributed by atoms with Gasteiger partial charge in [0, 0.05) is 80.6 Å². The fourth-order valence-electron chi connectivity index (χ4n) is 7.17. The summed E-state index contributed by atoms with van der Waals surface area (Å²) in [5.74, 6) is -0.172. The highest BCUT2D eigenvalue weighted by Gasteiger charge is 2.41.